The number of anilines is 2. The zero-order chi connectivity index (χ0) is 21.3. The maximum absolute atomic E-state index is 13.3. The van der Waals surface area contributed by atoms with E-state index in [0.29, 0.717) is 13.1 Å². The number of aryl methyl sites for hydroxylation is 2. The van der Waals surface area contributed by atoms with Gasteiger partial charge in [-0.1, -0.05) is 31.2 Å². The maximum atomic E-state index is 13.3. The molecule has 0 radical (unpaired) electrons. The molecule has 6 nitrogen and oxygen atoms in total. The molecule has 0 bridgehead atoms. The molecule has 2 fully saturated rings. The quantitative estimate of drug-likeness (QED) is 0.801. The van der Waals surface area contributed by atoms with Crippen molar-refractivity contribution in [3.05, 3.63) is 59.7 Å². The van der Waals surface area contributed by atoms with Crippen LogP contribution < -0.4 is 15.8 Å². The third-order valence-electron chi connectivity index (χ3n) is 6.26. The van der Waals surface area contributed by atoms with E-state index in [4.69, 9.17) is 0 Å². The van der Waals surface area contributed by atoms with Gasteiger partial charge in [0.05, 0.1) is 23.6 Å². The molecule has 2 amide bonds. The van der Waals surface area contributed by atoms with Crippen LogP contribution >= 0.6 is 0 Å². The molecule has 30 heavy (non-hydrogen) atoms. The van der Waals surface area contributed by atoms with Crippen LogP contribution in [0, 0.1) is 25.7 Å². The minimum Gasteiger partial charge on any atom is -0.326 e. The van der Waals surface area contributed by atoms with Gasteiger partial charge in [0.1, 0.15) is 0 Å². The zero-order valence-corrected chi connectivity index (χ0v) is 17.9. The van der Waals surface area contributed by atoms with Gasteiger partial charge in [-0.3, -0.25) is 9.59 Å². The molecule has 2 aliphatic heterocycles. The summed E-state index contributed by atoms with van der Waals surface area (Å²) in [6.45, 7) is 8.44. The number of nitrogens with zero attached hydrogens (tertiary/aromatic N) is 2. The number of nitrogens with one attached hydrogen (secondary N) is 2. The number of rotatable bonds is 5. The van der Waals surface area contributed by atoms with E-state index < -0.39 is 0 Å². The van der Waals surface area contributed by atoms with Crippen LogP contribution in [0.2, 0.25) is 0 Å². The Hall–Kier alpha value is -2.70. The number of hydrogen-bond donors (Lipinski definition) is 2. The molecule has 4 rings (SSSR count). The van der Waals surface area contributed by atoms with Gasteiger partial charge in [-0.15, -0.1) is 0 Å². The van der Waals surface area contributed by atoms with Crippen molar-refractivity contribution < 1.29 is 9.59 Å². The molecule has 0 saturated carbocycles. The summed E-state index contributed by atoms with van der Waals surface area (Å²) < 4.78 is 0. The number of amides is 2. The van der Waals surface area contributed by atoms with Gasteiger partial charge in [0.25, 0.3) is 0 Å². The average molecular weight is 407 g/mol. The van der Waals surface area contributed by atoms with E-state index >= 15 is 0 Å². The topological polar surface area (TPSA) is 64.7 Å². The maximum Gasteiger partial charge on any atom is 0.247 e. The van der Waals surface area contributed by atoms with Crippen molar-refractivity contribution in [2.45, 2.75) is 33.2 Å². The predicted octanol–water partition coefficient (Wildman–Crippen LogP) is 3.12. The SMILES string of the molecule is CCCN1CC(C(=O)Nc2ccc(C)c(C)c2)C2NN(c3ccccc3)C(=O)C2C1. The molecule has 2 aliphatic rings. The van der Waals surface area contributed by atoms with Crippen molar-refractivity contribution in [2.24, 2.45) is 11.8 Å². The Labute approximate surface area is 178 Å². The minimum atomic E-state index is -0.311. The summed E-state index contributed by atoms with van der Waals surface area (Å²) in [4.78, 5) is 28.8. The second-order valence-electron chi connectivity index (χ2n) is 8.42. The first-order valence-corrected chi connectivity index (χ1v) is 10.7. The summed E-state index contributed by atoms with van der Waals surface area (Å²) in [5.41, 5.74) is 7.31. The largest absolute Gasteiger partial charge is 0.326 e. The van der Waals surface area contributed by atoms with Crippen molar-refractivity contribution in [3.8, 4) is 0 Å². The second kappa shape index (κ2) is 8.58. The van der Waals surface area contributed by atoms with E-state index in [-0.39, 0.29) is 29.7 Å². The van der Waals surface area contributed by atoms with Crippen molar-refractivity contribution in [1.29, 1.82) is 0 Å². The standard InChI is InChI=1S/C24H30N4O2/c1-4-12-27-14-20(23(29)25-18-11-10-16(2)17(3)13-18)22-21(15-27)24(30)28(26-22)19-8-6-5-7-9-19/h5-11,13,20-22,26H,4,12,14-15H2,1-3H3,(H,25,29). The van der Waals surface area contributed by atoms with Gasteiger partial charge in [0.2, 0.25) is 11.8 Å². The van der Waals surface area contributed by atoms with Crippen molar-refractivity contribution in [1.82, 2.24) is 10.3 Å². The fourth-order valence-electron chi connectivity index (χ4n) is 4.51. The fraction of sp³-hybridized carbons (Fsp3) is 0.417. The average Bonchev–Trinajstić information content (AvgIpc) is 3.08. The van der Waals surface area contributed by atoms with E-state index in [1.807, 2.05) is 55.5 Å². The molecular weight excluding hydrogens is 376 g/mol. The van der Waals surface area contributed by atoms with Gasteiger partial charge in [-0.25, -0.2) is 10.4 Å². The smallest absolute Gasteiger partial charge is 0.247 e. The number of carbonyl (C=O) groups excluding carboxylic acids is 2. The molecule has 3 unspecified atom stereocenters. The molecule has 2 N–H and O–H groups in total. The first kappa shape index (κ1) is 20.6. The Kier molecular flexibility index (Phi) is 5.88. The summed E-state index contributed by atoms with van der Waals surface area (Å²) in [6.07, 6.45) is 0.993. The number of piperidine rings is 1. The van der Waals surface area contributed by atoms with E-state index in [2.05, 4.69) is 29.5 Å². The first-order valence-electron chi connectivity index (χ1n) is 10.7. The van der Waals surface area contributed by atoms with E-state index in [9.17, 15) is 9.59 Å². The number of benzene rings is 2. The van der Waals surface area contributed by atoms with E-state index in [1.54, 1.807) is 5.01 Å². The molecule has 0 spiro atoms. The Morgan fingerprint density at radius 2 is 1.87 bits per heavy atom. The number of likely N-dealkylation sites (tertiary alicyclic amines) is 1. The third-order valence-corrected chi connectivity index (χ3v) is 6.26. The number of fused-ring (bicyclic) bond motifs is 1. The monoisotopic (exact) mass is 406 g/mol. The predicted molar refractivity (Wildman–Crippen MR) is 119 cm³/mol. The van der Waals surface area contributed by atoms with Gasteiger partial charge in [-0.05, 0) is 62.2 Å². The molecule has 6 heteroatoms. The van der Waals surface area contributed by atoms with Gasteiger partial charge >= 0.3 is 0 Å². The lowest BCUT2D eigenvalue weighted by molar-refractivity contribution is -0.126. The normalized spacial score (nSPS) is 24.0. The van der Waals surface area contributed by atoms with Crippen LogP contribution in [0.5, 0.6) is 0 Å². The summed E-state index contributed by atoms with van der Waals surface area (Å²) in [7, 11) is 0. The van der Waals surface area contributed by atoms with Gasteiger partial charge < -0.3 is 10.2 Å². The number of para-hydroxylation sites is 1. The highest BCUT2D eigenvalue weighted by Gasteiger charge is 2.50. The molecule has 2 saturated heterocycles. The number of carbonyl (C=O) groups is 2. The Balaban J connectivity index is 1.58. The van der Waals surface area contributed by atoms with Crippen LogP contribution in [-0.2, 0) is 9.59 Å². The highest BCUT2D eigenvalue weighted by atomic mass is 16.2. The highest BCUT2D eigenvalue weighted by molar-refractivity contribution is 6.00. The lowest BCUT2D eigenvalue weighted by Crippen LogP contribution is -2.56. The second-order valence-corrected chi connectivity index (χ2v) is 8.42. The lowest BCUT2D eigenvalue weighted by Gasteiger charge is -2.38. The van der Waals surface area contributed by atoms with Crippen LogP contribution in [0.4, 0.5) is 11.4 Å². The summed E-state index contributed by atoms with van der Waals surface area (Å²) in [6, 6.07) is 15.3. The molecule has 2 aromatic rings. The van der Waals surface area contributed by atoms with Crippen LogP contribution in [0.15, 0.2) is 48.5 Å². The van der Waals surface area contributed by atoms with Crippen LogP contribution in [0.1, 0.15) is 24.5 Å². The Morgan fingerprint density at radius 1 is 1.10 bits per heavy atom. The van der Waals surface area contributed by atoms with E-state index in [0.717, 1.165) is 29.9 Å². The molecule has 0 aliphatic carbocycles. The molecule has 2 heterocycles. The zero-order valence-electron chi connectivity index (χ0n) is 17.9. The Bertz CT molecular complexity index is 930. The molecule has 0 aromatic heterocycles. The molecule has 2 aromatic carbocycles. The van der Waals surface area contributed by atoms with Crippen LogP contribution in [0.3, 0.4) is 0 Å². The fourth-order valence-corrected chi connectivity index (χ4v) is 4.51. The summed E-state index contributed by atoms with van der Waals surface area (Å²) in [5, 5.41) is 4.72. The summed E-state index contributed by atoms with van der Waals surface area (Å²) in [5.74, 6) is -0.546. The van der Waals surface area contributed by atoms with Crippen LogP contribution in [-0.4, -0.2) is 42.4 Å². The van der Waals surface area contributed by atoms with E-state index in [1.165, 1.54) is 5.56 Å². The van der Waals surface area contributed by atoms with Crippen molar-refractivity contribution in [2.75, 3.05) is 30.0 Å². The summed E-state index contributed by atoms with van der Waals surface area (Å²) >= 11 is 0. The van der Waals surface area contributed by atoms with Gasteiger partial charge in [-0.2, -0.15) is 0 Å². The third kappa shape index (κ3) is 3.98. The molecule has 158 valence electrons. The van der Waals surface area contributed by atoms with Crippen molar-refractivity contribution >= 4 is 23.2 Å². The lowest BCUT2D eigenvalue weighted by atomic mass is 9.83. The first-order chi connectivity index (χ1) is 14.5. The highest BCUT2D eigenvalue weighted by Crippen LogP contribution is 2.32. The molecular formula is C24H30N4O2. The van der Waals surface area contributed by atoms with Crippen LogP contribution in [0.25, 0.3) is 0 Å². The van der Waals surface area contributed by atoms with Gasteiger partial charge in [0.15, 0.2) is 0 Å². The van der Waals surface area contributed by atoms with Crippen molar-refractivity contribution in [3.63, 3.8) is 0 Å². The molecule has 3 atom stereocenters. The minimum absolute atomic E-state index is 0.0377. The Morgan fingerprint density at radius 3 is 2.57 bits per heavy atom. The van der Waals surface area contributed by atoms with Gasteiger partial charge in [0, 0.05) is 18.8 Å². The number of hydrazine groups is 1. The number of hydrogen-bond acceptors (Lipinski definition) is 4.